The van der Waals surface area contributed by atoms with Crippen LogP contribution in [0.15, 0.2) is 0 Å². The molecule has 1 fully saturated rings. The maximum Gasteiger partial charge on any atom is 0.212 e. The molecule has 0 bridgehead atoms. The van der Waals surface area contributed by atoms with Crippen LogP contribution in [0.25, 0.3) is 0 Å². The number of unbranched alkanes of at least 4 members (excludes halogenated alkanes) is 1. The zero-order chi connectivity index (χ0) is 14.4. The molecule has 5 heteroatoms. The number of sulfonamides is 1. The van der Waals surface area contributed by atoms with Crippen LogP contribution in [-0.4, -0.2) is 32.3 Å². The second-order valence-corrected chi connectivity index (χ2v) is 8.20. The summed E-state index contributed by atoms with van der Waals surface area (Å²) in [5.41, 5.74) is -0.201. The Morgan fingerprint density at radius 1 is 1.11 bits per heavy atom. The van der Waals surface area contributed by atoms with Gasteiger partial charge in [-0.3, -0.25) is 0 Å². The number of rotatable bonds is 8. The zero-order valence-electron chi connectivity index (χ0n) is 12.7. The van der Waals surface area contributed by atoms with Crippen LogP contribution in [0.3, 0.4) is 0 Å². The van der Waals surface area contributed by atoms with Gasteiger partial charge in [0.1, 0.15) is 0 Å². The van der Waals surface area contributed by atoms with E-state index in [9.17, 15) is 8.42 Å². The van der Waals surface area contributed by atoms with Crippen LogP contribution in [-0.2, 0) is 10.0 Å². The van der Waals surface area contributed by atoms with Crippen molar-refractivity contribution >= 4 is 10.0 Å². The molecule has 1 rings (SSSR count). The van der Waals surface area contributed by atoms with E-state index in [-0.39, 0.29) is 11.3 Å². The Labute approximate surface area is 118 Å². The summed E-state index contributed by atoms with van der Waals surface area (Å²) in [6, 6.07) is 0.468. The summed E-state index contributed by atoms with van der Waals surface area (Å²) in [4.78, 5) is 0. The largest absolute Gasteiger partial charge is 0.315 e. The lowest BCUT2D eigenvalue weighted by Gasteiger charge is -2.34. The van der Waals surface area contributed by atoms with Crippen LogP contribution >= 0.6 is 0 Å². The van der Waals surface area contributed by atoms with E-state index in [0.717, 1.165) is 45.1 Å². The minimum absolute atomic E-state index is 0.201. The van der Waals surface area contributed by atoms with Crippen molar-refractivity contribution < 1.29 is 8.42 Å². The molecule has 0 spiro atoms. The molecule has 2 N–H and O–H groups in total. The standard InChI is InChI=1S/C14H30N2O2S/c1-13(2)15-11-7-8-12-19(17,18)16-14(3)9-5-4-6-10-14/h13,15-16H,4-12H2,1-3H3. The van der Waals surface area contributed by atoms with Crippen molar-refractivity contribution in [2.45, 2.75) is 77.3 Å². The first kappa shape index (κ1) is 16.9. The van der Waals surface area contributed by atoms with Gasteiger partial charge in [-0.2, -0.15) is 0 Å². The van der Waals surface area contributed by atoms with Crippen molar-refractivity contribution in [2.24, 2.45) is 0 Å². The monoisotopic (exact) mass is 290 g/mol. The summed E-state index contributed by atoms with van der Waals surface area (Å²) in [7, 11) is -3.12. The van der Waals surface area contributed by atoms with E-state index in [1.54, 1.807) is 0 Å². The molecule has 1 aliphatic rings. The summed E-state index contributed by atoms with van der Waals surface area (Å²) >= 11 is 0. The molecule has 114 valence electrons. The second-order valence-electron chi connectivity index (χ2n) is 6.36. The van der Waals surface area contributed by atoms with E-state index < -0.39 is 10.0 Å². The summed E-state index contributed by atoms with van der Waals surface area (Å²) in [6.07, 6.45) is 7.09. The predicted molar refractivity (Wildman–Crippen MR) is 80.8 cm³/mol. The Kier molecular flexibility index (Phi) is 6.77. The van der Waals surface area contributed by atoms with Gasteiger partial charge >= 0.3 is 0 Å². The molecular formula is C14H30N2O2S. The molecule has 1 aliphatic carbocycles. The maximum absolute atomic E-state index is 12.1. The van der Waals surface area contributed by atoms with E-state index in [0.29, 0.717) is 6.04 Å². The van der Waals surface area contributed by atoms with E-state index in [4.69, 9.17) is 0 Å². The summed E-state index contributed by atoms with van der Waals surface area (Å²) in [6.45, 7) is 7.14. The highest BCUT2D eigenvalue weighted by Crippen LogP contribution is 2.28. The fourth-order valence-electron chi connectivity index (χ4n) is 2.67. The molecule has 0 aliphatic heterocycles. The molecule has 0 atom stereocenters. The Morgan fingerprint density at radius 3 is 2.32 bits per heavy atom. The van der Waals surface area contributed by atoms with Gasteiger partial charge in [0, 0.05) is 11.6 Å². The average molecular weight is 290 g/mol. The molecule has 0 radical (unpaired) electrons. The van der Waals surface area contributed by atoms with Crippen molar-refractivity contribution in [3.63, 3.8) is 0 Å². The van der Waals surface area contributed by atoms with Gasteiger partial charge in [-0.1, -0.05) is 33.1 Å². The van der Waals surface area contributed by atoms with Crippen molar-refractivity contribution in [3.05, 3.63) is 0 Å². The second kappa shape index (κ2) is 7.60. The van der Waals surface area contributed by atoms with Gasteiger partial charge in [0.25, 0.3) is 0 Å². The minimum atomic E-state index is -3.12. The molecule has 0 aromatic carbocycles. The molecule has 4 nitrogen and oxygen atoms in total. The van der Waals surface area contributed by atoms with Crippen molar-refractivity contribution in [1.29, 1.82) is 0 Å². The Bertz CT molecular complexity index is 346. The molecule has 1 saturated carbocycles. The molecule has 0 saturated heterocycles. The van der Waals surface area contributed by atoms with E-state index in [1.165, 1.54) is 6.42 Å². The van der Waals surface area contributed by atoms with Crippen molar-refractivity contribution in [1.82, 2.24) is 10.0 Å². The summed E-state index contributed by atoms with van der Waals surface area (Å²) in [5.74, 6) is 0.252. The van der Waals surface area contributed by atoms with Gasteiger partial charge < -0.3 is 5.32 Å². The van der Waals surface area contributed by atoms with Crippen LogP contribution in [0.2, 0.25) is 0 Å². The van der Waals surface area contributed by atoms with Gasteiger partial charge in [0.15, 0.2) is 0 Å². The first-order chi connectivity index (χ1) is 8.83. The highest BCUT2D eigenvalue weighted by Gasteiger charge is 2.30. The van der Waals surface area contributed by atoms with Crippen molar-refractivity contribution in [3.8, 4) is 0 Å². The fraction of sp³-hybridized carbons (Fsp3) is 1.00. The average Bonchev–Trinajstić information content (AvgIpc) is 2.27. The third kappa shape index (κ3) is 7.28. The lowest BCUT2D eigenvalue weighted by Crippen LogP contribution is -2.47. The number of nitrogens with one attached hydrogen (secondary N) is 2. The highest BCUT2D eigenvalue weighted by molar-refractivity contribution is 7.89. The lowest BCUT2D eigenvalue weighted by molar-refractivity contribution is 0.294. The van der Waals surface area contributed by atoms with E-state index in [2.05, 4.69) is 23.9 Å². The topological polar surface area (TPSA) is 58.2 Å². The number of hydrogen-bond donors (Lipinski definition) is 2. The molecule has 19 heavy (non-hydrogen) atoms. The van der Waals surface area contributed by atoms with Gasteiger partial charge in [-0.05, 0) is 39.2 Å². The van der Waals surface area contributed by atoms with Crippen LogP contribution in [0.5, 0.6) is 0 Å². The van der Waals surface area contributed by atoms with Gasteiger partial charge in [0.05, 0.1) is 5.75 Å². The Balaban J connectivity index is 2.27. The first-order valence-electron chi connectivity index (χ1n) is 7.58. The molecule has 0 amide bonds. The maximum atomic E-state index is 12.1. The normalized spacial score (nSPS) is 19.8. The zero-order valence-corrected chi connectivity index (χ0v) is 13.5. The SMILES string of the molecule is CC(C)NCCCCS(=O)(=O)NC1(C)CCCCC1. The third-order valence-corrected chi connectivity index (χ3v) is 5.38. The van der Waals surface area contributed by atoms with Gasteiger partial charge in [0.2, 0.25) is 10.0 Å². The minimum Gasteiger partial charge on any atom is -0.315 e. The Hall–Kier alpha value is -0.130. The Morgan fingerprint density at radius 2 is 1.74 bits per heavy atom. The first-order valence-corrected chi connectivity index (χ1v) is 9.23. The van der Waals surface area contributed by atoms with Crippen LogP contribution < -0.4 is 10.0 Å². The summed E-state index contributed by atoms with van der Waals surface area (Å²) in [5, 5.41) is 3.31. The predicted octanol–water partition coefficient (Wildman–Crippen LogP) is 2.41. The quantitative estimate of drug-likeness (QED) is 0.675. The molecule has 0 heterocycles. The van der Waals surface area contributed by atoms with Crippen LogP contribution in [0.1, 0.15) is 65.7 Å². The van der Waals surface area contributed by atoms with Gasteiger partial charge in [-0.25, -0.2) is 13.1 Å². The van der Waals surface area contributed by atoms with E-state index in [1.807, 2.05) is 6.92 Å². The smallest absolute Gasteiger partial charge is 0.212 e. The number of hydrogen-bond acceptors (Lipinski definition) is 3. The van der Waals surface area contributed by atoms with E-state index >= 15 is 0 Å². The third-order valence-electron chi connectivity index (χ3n) is 3.75. The molecule has 0 aromatic rings. The molecular weight excluding hydrogens is 260 g/mol. The lowest BCUT2D eigenvalue weighted by atomic mass is 9.84. The fourth-order valence-corrected chi connectivity index (χ4v) is 4.31. The molecule has 0 unspecified atom stereocenters. The van der Waals surface area contributed by atoms with Gasteiger partial charge in [-0.15, -0.1) is 0 Å². The summed E-state index contributed by atoms with van der Waals surface area (Å²) < 4.78 is 27.1. The van der Waals surface area contributed by atoms with Crippen molar-refractivity contribution in [2.75, 3.05) is 12.3 Å². The van der Waals surface area contributed by atoms with Crippen LogP contribution in [0.4, 0.5) is 0 Å². The van der Waals surface area contributed by atoms with Crippen LogP contribution in [0, 0.1) is 0 Å². The molecule has 0 aromatic heterocycles. The highest BCUT2D eigenvalue weighted by atomic mass is 32.2.